The maximum atomic E-state index is 6.92. The van der Waals surface area contributed by atoms with E-state index in [0.717, 1.165) is 111 Å². The van der Waals surface area contributed by atoms with Crippen LogP contribution in [-0.4, -0.2) is 9.97 Å². The number of halogens is 1. The molecule has 0 atom stereocenters. The van der Waals surface area contributed by atoms with Gasteiger partial charge in [-0.1, -0.05) is 123 Å². The molecule has 11 aromatic rings. The fourth-order valence-electron chi connectivity index (χ4n) is 8.09. The van der Waals surface area contributed by atoms with Crippen molar-refractivity contribution in [2.45, 2.75) is 13.8 Å². The molecule has 0 aliphatic rings. The SMILES string of the molecule is CC.Clc1cc(-c2ccccc2-c2ccc(-c3ccc4oc5ccccc5c4c3)nc2)cc(-c2ccccc2-c2ccc(-c3ccc4oc5ccccc5c4c3)nc2)c1. The van der Waals surface area contributed by atoms with Gasteiger partial charge in [0.15, 0.2) is 0 Å². The van der Waals surface area contributed by atoms with E-state index in [4.69, 9.17) is 30.4 Å². The van der Waals surface area contributed by atoms with E-state index in [0.29, 0.717) is 5.02 Å². The van der Waals surface area contributed by atoms with Crippen molar-refractivity contribution in [3.05, 3.63) is 193 Å². The summed E-state index contributed by atoms with van der Waals surface area (Å²) < 4.78 is 12.1. The number of nitrogens with zero attached hydrogens (tertiary/aromatic N) is 2. The maximum absolute atomic E-state index is 6.92. The molecule has 0 N–H and O–H groups in total. The number of rotatable bonds is 6. The van der Waals surface area contributed by atoms with Crippen LogP contribution >= 0.6 is 11.6 Å². The summed E-state index contributed by atoms with van der Waals surface area (Å²) >= 11 is 6.92. The van der Waals surface area contributed by atoms with Gasteiger partial charge in [0, 0.05) is 61.2 Å². The Morgan fingerprint density at radius 3 is 1.14 bits per heavy atom. The van der Waals surface area contributed by atoms with Crippen LogP contribution in [0.2, 0.25) is 5.02 Å². The Balaban J connectivity index is 0.00000207. The van der Waals surface area contributed by atoms with Crippen LogP contribution < -0.4 is 0 Å². The van der Waals surface area contributed by atoms with Gasteiger partial charge in [-0.25, -0.2) is 0 Å². The molecule has 0 spiro atoms. The smallest absolute Gasteiger partial charge is 0.135 e. The van der Waals surface area contributed by atoms with Crippen molar-refractivity contribution in [2.24, 2.45) is 0 Å². The third-order valence-corrected chi connectivity index (χ3v) is 11.1. The Morgan fingerprint density at radius 2 is 0.712 bits per heavy atom. The highest BCUT2D eigenvalue weighted by molar-refractivity contribution is 6.31. The predicted molar refractivity (Wildman–Crippen MR) is 246 cm³/mol. The van der Waals surface area contributed by atoms with E-state index in [9.17, 15) is 0 Å². The number of para-hydroxylation sites is 2. The van der Waals surface area contributed by atoms with Gasteiger partial charge in [-0.05, 0) is 112 Å². The van der Waals surface area contributed by atoms with Crippen LogP contribution in [0.4, 0.5) is 0 Å². The molecular formula is C54H37ClN2O2. The van der Waals surface area contributed by atoms with E-state index in [1.165, 1.54) is 0 Å². The average molecular weight is 781 g/mol. The van der Waals surface area contributed by atoms with Gasteiger partial charge in [0.1, 0.15) is 22.3 Å². The van der Waals surface area contributed by atoms with Crippen LogP contribution in [0.15, 0.2) is 197 Å². The van der Waals surface area contributed by atoms with Gasteiger partial charge in [0.05, 0.1) is 11.4 Å². The van der Waals surface area contributed by atoms with Crippen molar-refractivity contribution in [1.82, 2.24) is 9.97 Å². The van der Waals surface area contributed by atoms with Crippen molar-refractivity contribution < 1.29 is 8.83 Å². The van der Waals surface area contributed by atoms with E-state index in [1.807, 2.05) is 86.9 Å². The first kappa shape index (κ1) is 36.1. The van der Waals surface area contributed by atoms with E-state index in [1.54, 1.807) is 0 Å². The van der Waals surface area contributed by atoms with Crippen LogP contribution in [0.5, 0.6) is 0 Å². The molecule has 282 valence electrons. The molecule has 7 aromatic carbocycles. The van der Waals surface area contributed by atoms with Crippen LogP contribution in [0.1, 0.15) is 13.8 Å². The van der Waals surface area contributed by atoms with Crippen molar-refractivity contribution in [3.8, 4) is 67.0 Å². The van der Waals surface area contributed by atoms with Crippen LogP contribution in [0.25, 0.3) is 111 Å². The van der Waals surface area contributed by atoms with E-state index < -0.39 is 0 Å². The number of hydrogen-bond donors (Lipinski definition) is 0. The number of furan rings is 2. The molecule has 11 rings (SSSR count). The Morgan fingerprint density at radius 1 is 0.339 bits per heavy atom. The van der Waals surface area contributed by atoms with Crippen molar-refractivity contribution in [2.75, 3.05) is 0 Å². The standard InChI is InChI=1S/C52H31ClN2O2.C2H6/c53-38-26-36(41-11-3-1-9-39(41)34-17-21-47(54-30-34)32-19-23-51-45(28-32)43-13-5-7-15-49(43)56-51)25-37(27-38)42-12-4-2-10-40(42)35-18-22-48(55-31-35)33-20-24-52-46(29-33)44-14-6-8-16-50(44)57-52;1-2/h1-31H;1-2H3. The van der Waals surface area contributed by atoms with Crippen LogP contribution in [0.3, 0.4) is 0 Å². The number of hydrogen-bond acceptors (Lipinski definition) is 4. The van der Waals surface area contributed by atoms with Gasteiger partial charge in [0.2, 0.25) is 0 Å². The van der Waals surface area contributed by atoms with E-state index >= 15 is 0 Å². The molecular weight excluding hydrogens is 744 g/mol. The Kier molecular flexibility index (Phi) is 9.32. The fraction of sp³-hybridized carbons (Fsp3) is 0.0370. The minimum absolute atomic E-state index is 0.665. The summed E-state index contributed by atoms with van der Waals surface area (Å²) in [6.45, 7) is 4.00. The first-order valence-corrected chi connectivity index (χ1v) is 20.3. The summed E-state index contributed by atoms with van der Waals surface area (Å²) in [7, 11) is 0. The Labute approximate surface area is 347 Å². The monoisotopic (exact) mass is 780 g/mol. The Hall–Kier alpha value is -7.27. The zero-order valence-electron chi connectivity index (χ0n) is 32.5. The quantitative estimate of drug-likeness (QED) is 0.169. The molecule has 5 heteroatoms. The van der Waals surface area contributed by atoms with Crippen LogP contribution in [0, 0.1) is 0 Å². The second-order valence-electron chi connectivity index (χ2n) is 14.3. The highest BCUT2D eigenvalue weighted by Gasteiger charge is 2.15. The summed E-state index contributed by atoms with van der Waals surface area (Å²) in [5, 5.41) is 5.05. The zero-order chi connectivity index (χ0) is 39.9. The summed E-state index contributed by atoms with van der Waals surface area (Å²) in [6, 6.07) is 60.4. The van der Waals surface area contributed by atoms with Crippen molar-refractivity contribution >= 4 is 55.5 Å². The second-order valence-corrected chi connectivity index (χ2v) is 14.7. The molecule has 4 heterocycles. The summed E-state index contributed by atoms with van der Waals surface area (Å²) in [6.07, 6.45) is 3.91. The molecule has 0 saturated carbocycles. The normalized spacial score (nSPS) is 11.3. The summed E-state index contributed by atoms with van der Waals surface area (Å²) in [5.41, 5.74) is 15.8. The summed E-state index contributed by atoms with van der Waals surface area (Å²) in [4.78, 5) is 9.88. The fourth-order valence-corrected chi connectivity index (χ4v) is 8.33. The lowest BCUT2D eigenvalue weighted by Gasteiger charge is -2.15. The molecule has 0 aliphatic carbocycles. The molecule has 0 fully saturated rings. The van der Waals surface area contributed by atoms with E-state index in [2.05, 4.69) is 115 Å². The van der Waals surface area contributed by atoms with Gasteiger partial charge in [0.25, 0.3) is 0 Å². The average Bonchev–Trinajstić information content (AvgIpc) is 3.87. The highest BCUT2D eigenvalue weighted by Crippen LogP contribution is 2.40. The van der Waals surface area contributed by atoms with Gasteiger partial charge < -0.3 is 8.83 Å². The molecule has 0 bridgehead atoms. The lowest BCUT2D eigenvalue weighted by Crippen LogP contribution is -1.91. The maximum Gasteiger partial charge on any atom is 0.135 e. The first-order chi connectivity index (χ1) is 29.1. The third-order valence-electron chi connectivity index (χ3n) is 10.9. The van der Waals surface area contributed by atoms with Gasteiger partial charge in [-0.2, -0.15) is 0 Å². The molecule has 0 unspecified atom stereocenters. The number of benzene rings is 7. The minimum atomic E-state index is 0.665. The lowest BCUT2D eigenvalue weighted by molar-refractivity contribution is 0.668. The highest BCUT2D eigenvalue weighted by atomic mass is 35.5. The van der Waals surface area contributed by atoms with E-state index in [-0.39, 0.29) is 0 Å². The lowest BCUT2D eigenvalue weighted by atomic mass is 9.90. The molecule has 4 nitrogen and oxygen atoms in total. The molecule has 0 radical (unpaired) electrons. The number of aromatic nitrogens is 2. The molecule has 0 saturated heterocycles. The molecule has 0 amide bonds. The van der Waals surface area contributed by atoms with Crippen molar-refractivity contribution in [1.29, 1.82) is 0 Å². The third kappa shape index (κ3) is 6.64. The summed E-state index contributed by atoms with van der Waals surface area (Å²) in [5.74, 6) is 0. The largest absolute Gasteiger partial charge is 0.456 e. The first-order valence-electron chi connectivity index (χ1n) is 19.9. The van der Waals surface area contributed by atoms with Crippen molar-refractivity contribution in [3.63, 3.8) is 0 Å². The number of pyridine rings is 2. The zero-order valence-corrected chi connectivity index (χ0v) is 33.2. The minimum Gasteiger partial charge on any atom is -0.456 e. The van der Waals surface area contributed by atoms with Gasteiger partial charge in [-0.3, -0.25) is 9.97 Å². The van der Waals surface area contributed by atoms with Gasteiger partial charge in [-0.15, -0.1) is 0 Å². The Bertz CT molecular complexity index is 3090. The van der Waals surface area contributed by atoms with Crippen LogP contribution in [-0.2, 0) is 0 Å². The second kappa shape index (κ2) is 15.2. The molecule has 59 heavy (non-hydrogen) atoms. The number of fused-ring (bicyclic) bond motifs is 6. The molecule has 4 aromatic heterocycles. The topological polar surface area (TPSA) is 52.1 Å². The molecule has 0 aliphatic heterocycles. The van der Waals surface area contributed by atoms with Gasteiger partial charge >= 0.3 is 0 Å². The predicted octanol–water partition coefficient (Wildman–Crippen LogP) is 16.0.